The first kappa shape index (κ1) is 17.4. The molecule has 1 aliphatic carbocycles. The minimum absolute atomic E-state index is 0.0250. The lowest BCUT2D eigenvalue weighted by molar-refractivity contribution is -0.00358. The average Bonchev–Trinajstić information content (AvgIpc) is 3.42. The lowest BCUT2D eigenvalue weighted by atomic mass is 9.67. The Morgan fingerprint density at radius 3 is 3.04 bits per heavy atom. The molecule has 0 bridgehead atoms. The fourth-order valence-electron chi connectivity index (χ4n) is 4.31. The van der Waals surface area contributed by atoms with Gasteiger partial charge in [-0.25, -0.2) is 4.98 Å². The Bertz CT molecular complexity index is 1000. The standard InChI is InChI=1S/C20H20N4O3S/c1-2-16-22-23-18(27-16)20-8-6-14(20)7-10-24(20)17(25)13-4-3-5-15(12-13)26-19-21-9-11-28-19/h3-5,9,11-12,14H,2,6-8,10H2,1H3/t14-,20-/m0/s1. The minimum atomic E-state index is -0.455. The Balaban J connectivity index is 1.44. The number of ether oxygens (including phenoxy) is 1. The van der Waals surface area contributed by atoms with Gasteiger partial charge >= 0.3 is 0 Å². The predicted octanol–water partition coefficient (Wildman–Crippen LogP) is 4.03. The number of aromatic nitrogens is 3. The molecular formula is C20H20N4O3S. The molecule has 1 saturated heterocycles. The van der Waals surface area contributed by atoms with Gasteiger partial charge in [0.05, 0.1) is 0 Å². The van der Waals surface area contributed by atoms with Crippen LogP contribution in [0.3, 0.4) is 0 Å². The third kappa shape index (κ3) is 2.63. The zero-order chi connectivity index (χ0) is 19.1. The van der Waals surface area contributed by atoms with Gasteiger partial charge in [-0.1, -0.05) is 24.3 Å². The molecule has 7 nitrogen and oxygen atoms in total. The van der Waals surface area contributed by atoms with Crippen molar-refractivity contribution in [3.63, 3.8) is 0 Å². The van der Waals surface area contributed by atoms with E-state index in [1.807, 2.05) is 35.4 Å². The molecule has 2 atom stereocenters. The van der Waals surface area contributed by atoms with Gasteiger partial charge in [-0.3, -0.25) is 4.79 Å². The van der Waals surface area contributed by atoms with Crippen LogP contribution in [0.2, 0.25) is 0 Å². The Hall–Kier alpha value is -2.74. The SMILES string of the molecule is CCc1nnc([C@]23CC[C@H]2CCN3C(=O)c2cccc(Oc3nccs3)c2)o1. The Morgan fingerprint density at radius 1 is 1.39 bits per heavy atom. The molecule has 0 unspecified atom stereocenters. The third-order valence-electron chi connectivity index (χ3n) is 5.81. The van der Waals surface area contributed by atoms with Crippen LogP contribution in [0.4, 0.5) is 0 Å². The monoisotopic (exact) mass is 396 g/mol. The topological polar surface area (TPSA) is 81.4 Å². The highest BCUT2D eigenvalue weighted by atomic mass is 32.1. The molecule has 8 heteroatoms. The zero-order valence-corrected chi connectivity index (χ0v) is 16.3. The summed E-state index contributed by atoms with van der Waals surface area (Å²) in [7, 11) is 0. The van der Waals surface area contributed by atoms with Crippen molar-refractivity contribution in [1.29, 1.82) is 0 Å². The maximum absolute atomic E-state index is 13.4. The van der Waals surface area contributed by atoms with Crippen molar-refractivity contribution in [2.45, 2.75) is 38.1 Å². The van der Waals surface area contributed by atoms with Crippen LogP contribution in [-0.2, 0) is 12.0 Å². The molecule has 0 spiro atoms. The summed E-state index contributed by atoms with van der Waals surface area (Å²) >= 11 is 1.41. The van der Waals surface area contributed by atoms with E-state index in [1.54, 1.807) is 12.3 Å². The van der Waals surface area contributed by atoms with Crippen LogP contribution >= 0.6 is 11.3 Å². The molecule has 0 radical (unpaired) electrons. The molecule has 3 heterocycles. The largest absolute Gasteiger partial charge is 0.431 e. The summed E-state index contributed by atoms with van der Waals surface area (Å²) in [6.45, 7) is 2.68. The van der Waals surface area contributed by atoms with Gasteiger partial charge in [-0.15, -0.1) is 10.2 Å². The summed E-state index contributed by atoms with van der Waals surface area (Å²) in [5.41, 5.74) is 0.139. The molecule has 1 amide bonds. The Kier molecular flexibility index (Phi) is 4.16. The van der Waals surface area contributed by atoms with Crippen LogP contribution in [0.15, 0.2) is 40.3 Å². The fourth-order valence-corrected chi connectivity index (χ4v) is 4.81. The smallest absolute Gasteiger partial charge is 0.278 e. The van der Waals surface area contributed by atoms with E-state index in [2.05, 4.69) is 15.2 Å². The third-order valence-corrected chi connectivity index (χ3v) is 6.46. The van der Waals surface area contributed by atoms with Gasteiger partial charge in [0.2, 0.25) is 11.8 Å². The van der Waals surface area contributed by atoms with Crippen molar-refractivity contribution >= 4 is 17.2 Å². The second kappa shape index (κ2) is 6.70. The minimum Gasteiger partial charge on any atom is -0.431 e. The van der Waals surface area contributed by atoms with Crippen molar-refractivity contribution in [1.82, 2.24) is 20.1 Å². The second-order valence-electron chi connectivity index (χ2n) is 7.19. The van der Waals surface area contributed by atoms with Gasteiger partial charge in [-0.2, -0.15) is 0 Å². The van der Waals surface area contributed by atoms with Gasteiger partial charge in [0.15, 0.2) is 0 Å². The summed E-state index contributed by atoms with van der Waals surface area (Å²) < 4.78 is 11.7. The maximum Gasteiger partial charge on any atom is 0.278 e. The number of aryl methyl sites for hydroxylation is 1. The number of thiazole rings is 1. The first-order valence-corrected chi connectivity index (χ1v) is 10.4. The van der Waals surface area contributed by atoms with E-state index in [0.29, 0.717) is 47.2 Å². The number of carbonyl (C=O) groups excluding carboxylic acids is 1. The van der Waals surface area contributed by atoms with Crippen molar-refractivity contribution in [2.24, 2.45) is 5.92 Å². The van der Waals surface area contributed by atoms with E-state index >= 15 is 0 Å². The number of hydrogen-bond donors (Lipinski definition) is 0. The number of rotatable bonds is 5. The molecule has 144 valence electrons. The van der Waals surface area contributed by atoms with Crippen LogP contribution in [0.25, 0.3) is 0 Å². The number of hydrogen-bond acceptors (Lipinski definition) is 7. The van der Waals surface area contributed by atoms with Gasteiger partial charge in [0.25, 0.3) is 11.1 Å². The van der Waals surface area contributed by atoms with Crippen molar-refractivity contribution < 1.29 is 13.9 Å². The van der Waals surface area contributed by atoms with E-state index in [9.17, 15) is 4.79 Å². The van der Waals surface area contributed by atoms with Gasteiger partial charge in [0, 0.05) is 30.1 Å². The fraction of sp³-hybridized carbons (Fsp3) is 0.400. The van der Waals surface area contributed by atoms with Crippen molar-refractivity contribution in [3.05, 3.63) is 53.2 Å². The number of benzene rings is 1. The Morgan fingerprint density at radius 2 is 2.32 bits per heavy atom. The zero-order valence-electron chi connectivity index (χ0n) is 15.5. The number of carbonyl (C=O) groups is 1. The summed E-state index contributed by atoms with van der Waals surface area (Å²) in [5, 5.41) is 10.8. The van der Waals surface area contributed by atoms with Crippen LogP contribution in [0.1, 0.15) is 48.3 Å². The van der Waals surface area contributed by atoms with Crippen LogP contribution in [0, 0.1) is 5.92 Å². The second-order valence-corrected chi connectivity index (χ2v) is 8.04. The lowest BCUT2D eigenvalue weighted by Gasteiger charge is -2.47. The summed E-state index contributed by atoms with van der Waals surface area (Å²) in [4.78, 5) is 19.5. The van der Waals surface area contributed by atoms with Gasteiger partial charge < -0.3 is 14.1 Å². The quantitative estimate of drug-likeness (QED) is 0.648. The van der Waals surface area contributed by atoms with E-state index in [4.69, 9.17) is 9.15 Å². The van der Waals surface area contributed by atoms with Crippen LogP contribution in [0.5, 0.6) is 10.9 Å². The maximum atomic E-state index is 13.4. The van der Waals surface area contributed by atoms with E-state index in [0.717, 1.165) is 19.3 Å². The summed E-state index contributed by atoms with van der Waals surface area (Å²) in [6.07, 6.45) is 5.29. The molecule has 28 heavy (non-hydrogen) atoms. The normalized spacial score (nSPS) is 23.3. The highest BCUT2D eigenvalue weighted by Gasteiger charge is 2.61. The predicted molar refractivity (Wildman–Crippen MR) is 102 cm³/mol. The number of amides is 1. The molecule has 1 aliphatic heterocycles. The number of fused-ring (bicyclic) bond motifs is 1. The Labute approximate surface area is 166 Å². The molecule has 2 fully saturated rings. The summed E-state index contributed by atoms with van der Waals surface area (Å²) in [5.74, 6) is 2.17. The highest BCUT2D eigenvalue weighted by molar-refractivity contribution is 7.11. The van der Waals surface area contributed by atoms with E-state index in [1.165, 1.54) is 11.3 Å². The van der Waals surface area contributed by atoms with Gasteiger partial charge in [0.1, 0.15) is 11.3 Å². The molecule has 1 saturated carbocycles. The first-order chi connectivity index (χ1) is 13.7. The molecule has 2 aliphatic rings. The molecule has 0 N–H and O–H groups in total. The van der Waals surface area contributed by atoms with Crippen LogP contribution < -0.4 is 4.74 Å². The summed E-state index contributed by atoms with van der Waals surface area (Å²) in [6, 6.07) is 7.26. The van der Waals surface area contributed by atoms with Gasteiger partial charge in [-0.05, 0) is 43.4 Å². The molecule has 2 aromatic heterocycles. The first-order valence-electron chi connectivity index (χ1n) is 9.53. The molecular weight excluding hydrogens is 376 g/mol. The average molecular weight is 396 g/mol. The molecule has 3 aromatic rings. The highest BCUT2D eigenvalue weighted by Crippen LogP contribution is 2.56. The number of nitrogens with zero attached hydrogens (tertiary/aromatic N) is 4. The molecule has 5 rings (SSSR count). The van der Waals surface area contributed by atoms with E-state index < -0.39 is 5.54 Å². The van der Waals surface area contributed by atoms with Crippen LogP contribution in [-0.4, -0.2) is 32.5 Å². The lowest BCUT2D eigenvalue weighted by Crippen LogP contribution is -2.54. The number of likely N-dealkylation sites (tertiary alicyclic amines) is 1. The van der Waals surface area contributed by atoms with E-state index in [-0.39, 0.29) is 5.91 Å². The van der Waals surface area contributed by atoms with Crippen molar-refractivity contribution in [3.8, 4) is 10.9 Å². The molecule has 1 aromatic carbocycles. The van der Waals surface area contributed by atoms with Crippen molar-refractivity contribution in [2.75, 3.05) is 6.54 Å².